The molecule has 0 aliphatic carbocycles. The van der Waals surface area contributed by atoms with Crippen molar-refractivity contribution in [3.8, 4) is 17.2 Å². The van der Waals surface area contributed by atoms with Gasteiger partial charge in [0.2, 0.25) is 0 Å². The van der Waals surface area contributed by atoms with Gasteiger partial charge in [-0.2, -0.15) is 0 Å². The van der Waals surface area contributed by atoms with Crippen LogP contribution < -0.4 is 14.2 Å². The van der Waals surface area contributed by atoms with Crippen molar-refractivity contribution in [2.75, 3.05) is 20.3 Å². The lowest BCUT2D eigenvalue weighted by Gasteiger charge is -2.18. The van der Waals surface area contributed by atoms with Gasteiger partial charge in [-0.25, -0.2) is 0 Å². The molecule has 150 valence electrons. The number of hydrogen-bond acceptors (Lipinski definition) is 5. The van der Waals surface area contributed by atoms with Crippen LogP contribution in [0.3, 0.4) is 0 Å². The van der Waals surface area contributed by atoms with E-state index in [1.807, 2.05) is 30.3 Å². The summed E-state index contributed by atoms with van der Waals surface area (Å²) < 4.78 is 16.4. The van der Waals surface area contributed by atoms with Crippen LogP contribution in [-0.2, 0) is 0 Å². The molecule has 5 nitrogen and oxygen atoms in total. The Hall–Kier alpha value is -3.86. The van der Waals surface area contributed by atoms with Gasteiger partial charge in [0, 0.05) is 11.1 Å². The van der Waals surface area contributed by atoms with Gasteiger partial charge in [-0.15, -0.1) is 0 Å². The van der Waals surface area contributed by atoms with Gasteiger partial charge in [0.25, 0.3) is 0 Å². The van der Waals surface area contributed by atoms with Crippen LogP contribution in [0.1, 0.15) is 26.3 Å². The summed E-state index contributed by atoms with van der Waals surface area (Å²) in [6, 6.07) is 21.4. The SMILES string of the molecule is COc1ccc(C(=O)COc2ccc(/C=C3\COc4ccccc4C3=O)cc2)cc1. The van der Waals surface area contributed by atoms with Crippen molar-refractivity contribution >= 4 is 17.6 Å². The van der Waals surface area contributed by atoms with Gasteiger partial charge in [0.05, 0.1) is 12.7 Å². The molecule has 30 heavy (non-hydrogen) atoms. The van der Waals surface area contributed by atoms with Gasteiger partial charge in [-0.1, -0.05) is 24.3 Å². The molecule has 1 heterocycles. The van der Waals surface area contributed by atoms with Crippen LogP contribution >= 0.6 is 0 Å². The number of carbonyl (C=O) groups is 2. The van der Waals surface area contributed by atoms with Crippen molar-refractivity contribution in [1.29, 1.82) is 0 Å². The smallest absolute Gasteiger partial charge is 0.200 e. The standard InChI is InChI=1S/C25H20O5/c1-28-20-12-8-18(9-13-20)23(26)16-29-21-10-6-17(7-11-21)14-19-15-30-24-5-3-2-4-22(24)25(19)27/h2-14H,15-16H2,1H3/b19-14+. The summed E-state index contributed by atoms with van der Waals surface area (Å²) in [5.41, 5.74) is 2.59. The first kappa shape index (κ1) is 19.5. The average Bonchev–Trinajstić information content (AvgIpc) is 2.80. The molecule has 0 fully saturated rings. The first-order valence-corrected chi connectivity index (χ1v) is 9.51. The lowest BCUT2D eigenvalue weighted by atomic mass is 9.98. The van der Waals surface area contributed by atoms with Gasteiger partial charge in [0.1, 0.15) is 23.9 Å². The van der Waals surface area contributed by atoms with E-state index in [0.29, 0.717) is 33.9 Å². The molecule has 5 heteroatoms. The van der Waals surface area contributed by atoms with Crippen LogP contribution in [0.4, 0.5) is 0 Å². The lowest BCUT2D eigenvalue weighted by Crippen LogP contribution is -2.18. The average molecular weight is 400 g/mol. The van der Waals surface area contributed by atoms with Crippen LogP contribution in [0.2, 0.25) is 0 Å². The number of methoxy groups -OCH3 is 1. The summed E-state index contributed by atoms with van der Waals surface area (Å²) in [4.78, 5) is 24.9. The fourth-order valence-corrected chi connectivity index (χ4v) is 3.15. The third kappa shape index (κ3) is 4.25. The van der Waals surface area contributed by atoms with Crippen LogP contribution in [0.5, 0.6) is 17.2 Å². The Morgan fingerprint density at radius 3 is 2.40 bits per heavy atom. The normalized spacial score (nSPS) is 14.0. The summed E-state index contributed by atoms with van der Waals surface area (Å²) in [5, 5.41) is 0. The van der Waals surface area contributed by atoms with E-state index < -0.39 is 0 Å². The lowest BCUT2D eigenvalue weighted by molar-refractivity contribution is 0.0921. The Morgan fingerprint density at radius 1 is 0.967 bits per heavy atom. The third-order valence-corrected chi connectivity index (χ3v) is 4.81. The number of benzene rings is 3. The molecule has 4 rings (SSSR count). The Balaban J connectivity index is 1.39. The molecule has 1 aliphatic heterocycles. The van der Waals surface area contributed by atoms with E-state index in [2.05, 4.69) is 0 Å². The summed E-state index contributed by atoms with van der Waals surface area (Å²) in [7, 11) is 1.58. The van der Waals surface area contributed by atoms with Crippen LogP contribution in [0.15, 0.2) is 78.4 Å². The molecule has 0 unspecified atom stereocenters. The second kappa shape index (κ2) is 8.66. The highest BCUT2D eigenvalue weighted by atomic mass is 16.5. The Morgan fingerprint density at radius 2 is 1.67 bits per heavy atom. The molecule has 3 aromatic carbocycles. The number of para-hydroxylation sites is 1. The molecular weight excluding hydrogens is 380 g/mol. The molecule has 0 spiro atoms. The first-order chi connectivity index (χ1) is 14.6. The zero-order chi connectivity index (χ0) is 20.9. The van der Waals surface area contributed by atoms with Crippen molar-refractivity contribution in [3.05, 3.63) is 95.1 Å². The van der Waals surface area contributed by atoms with Crippen molar-refractivity contribution in [1.82, 2.24) is 0 Å². The van der Waals surface area contributed by atoms with Crippen LogP contribution in [-0.4, -0.2) is 31.9 Å². The third-order valence-electron chi connectivity index (χ3n) is 4.81. The predicted octanol–water partition coefficient (Wildman–Crippen LogP) is 4.62. The monoisotopic (exact) mass is 400 g/mol. The maximum Gasteiger partial charge on any atom is 0.200 e. The second-order valence-electron chi connectivity index (χ2n) is 6.79. The highest BCUT2D eigenvalue weighted by Gasteiger charge is 2.22. The molecule has 3 aromatic rings. The number of hydrogen-bond donors (Lipinski definition) is 0. The zero-order valence-electron chi connectivity index (χ0n) is 16.5. The fraction of sp³-hybridized carbons (Fsp3) is 0.120. The van der Waals surface area contributed by atoms with Gasteiger partial charge < -0.3 is 14.2 Å². The molecule has 0 aromatic heterocycles. The van der Waals surface area contributed by atoms with Crippen molar-refractivity contribution in [2.24, 2.45) is 0 Å². The number of ether oxygens (including phenoxy) is 3. The Kier molecular flexibility index (Phi) is 5.61. The van der Waals surface area contributed by atoms with Gasteiger partial charge in [0.15, 0.2) is 18.2 Å². The van der Waals surface area contributed by atoms with E-state index >= 15 is 0 Å². The molecule has 1 aliphatic rings. The van der Waals surface area contributed by atoms with Crippen molar-refractivity contribution in [2.45, 2.75) is 0 Å². The molecule has 0 N–H and O–H groups in total. The van der Waals surface area contributed by atoms with Gasteiger partial charge in [-0.3, -0.25) is 9.59 Å². The number of carbonyl (C=O) groups excluding carboxylic acids is 2. The molecule has 0 atom stereocenters. The van der Waals surface area contributed by atoms with E-state index in [-0.39, 0.29) is 24.8 Å². The summed E-state index contributed by atoms with van der Waals surface area (Å²) in [5.74, 6) is 1.75. The van der Waals surface area contributed by atoms with Crippen molar-refractivity contribution in [3.63, 3.8) is 0 Å². The molecular formula is C25H20O5. The highest BCUT2D eigenvalue weighted by Crippen LogP contribution is 2.27. The minimum atomic E-state index is -0.118. The Labute approximate surface area is 174 Å². The number of ketones is 2. The fourth-order valence-electron chi connectivity index (χ4n) is 3.15. The second-order valence-corrected chi connectivity index (χ2v) is 6.79. The number of rotatable bonds is 6. The quantitative estimate of drug-likeness (QED) is 0.446. The molecule has 0 bridgehead atoms. The van der Waals surface area contributed by atoms with E-state index in [1.165, 1.54) is 0 Å². The largest absolute Gasteiger partial charge is 0.497 e. The predicted molar refractivity (Wildman–Crippen MR) is 114 cm³/mol. The summed E-state index contributed by atoms with van der Waals surface area (Å²) >= 11 is 0. The zero-order valence-corrected chi connectivity index (χ0v) is 16.5. The Bertz CT molecular complexity index is 1100. The summed E-state index contributed by atoms with van der Waals surface area (Å²) in [6.07, 6.45) is 1.81. The van der Waals surface area contributed by atoms with E-state index in [0.717, 1.165) is 5.56 Å². The van der Waals surface area contributed by atoms with E-state index in [1.54, 1.807) is 55.6 Å². The molecule has 0 saturated heterocycles. The van der Waals surface area contributed by atoms with Crippen LogP contribution in [0, 0.1) is 0 Å². The highest BCUT2D eigenvalue weighted by molar-refractivity contribution is 6.14. The minimum Gasteiger partial charge on any atom is -0.497 e. The van der Waals surface area contributed by atoms with Gasteiger partial charge in [-0.05, 0) is 60.2 Å². The molecule has 0 amide bonds. The first-order valence-electron chi connectivity index (χ1n) is 9.51. The van der Waals surface area contributed by atoms with Crippen molar-refractivity contribution < 1.29 is 23.8 Å². The topological polar surface area (TPSA) is 61.8 Å². The van der Waals surface area contributed by atoms with E-state index in [4.69, 9.17) is 14.2 Å². The van der Waals surface area contributed by atoms with E-state index in [9.17, 15) is 9.59 Å². The van der Waals surface area contributed by atoms with Gasteiger partial charge >= 0.3 is 0 Å². The number of fused-ring (bicyclic) bond motifs is 1. The number of Topliss-reactive ketones (excluding diaryl/α,β-unsaturated/α-hetero) is 2. The maximum atomic E-state index is 12.6. The summed E-state index contributed by atoms with van der Waals surface area (Å²) in [6.45, 7) is 0.181. The maximum absolute atomic E-state index is 12.6. The molecule has 0 radical (unpaired) electrons. The minimum absolute atomic E-state index is 0.0257. The molecule has 0 saturated carbocycles. The van der Waals surface area contributed by atoms with Crippen LogP contribution in [0.25, 0.3) is 6.08 Å².